The standard InChI is InChI=1S/C19H21FN4O2S/c1-13-10-18(26)24-16(12-27-19(24)21-13)11-17(25)23-8-6-22(7-9-23)15-4-2-14(20)3-5-15/h2-5,10,16H,6-9,11-12H2,1H3. The fourth-order valence-corrected chi connectivity index (χ4v) is 4.80. The zero-order valence-electron chi connectivity index (χ0n) is 15.1. The van der Waals surface area contributed by atoms with Gasteiger partial charge >= 0.3 is 0 Å². The molecule has 1 atom stereocenters. The number of carbonyl (C=O) groups is 1. The van der Waals surface area contributed by atoms with Crippen LogP contribution in [0.15, 0.2) is 40.3 Å². The van der Waals surface area contributed by atoms with Crippen LogP contribution in [0.3, 0.4) is 0 Å². The number of aryl methyl sites for hydroxylation is 1. The SMILES string of the molecule is Cc1cc(=O)n2c(n1)SCC2CC(=O)N1CCN(c2ccc(F)cc2)CC1. The van der Waals surface area contributed by atoms with E-state index in [0.717, 1.165) is 5.69 Å². The second kappa shape index (κ2) is 7.34. The third-order valence-electron chi connectivity index (χ3n) is 5.05. The summed E-state index contributed by atoms with van der Waals surface area (Å²) in [6.45, 7) is 4.50. The van der Waals surface area contributed by atoms with Crippen LogP contribution in [0.4, 0.5) is 10.1 Å². The first-order valence-electron chi connectivity index (χ1n) is 9.02. The number of aromatic nitrogens is 2. The molecule has 4 rings (SSSR count). The summed E-state index contributed by atoms with van der Waals surface area (Å²) >= 11 is 1.53. The number of anilines is 1. The predicted octanol–water partition coefficient (Wildman–Crippen LogP) is 2.08. The zero-order valence-corrected chi connectivity index (χ0v) is 15.9. The van der Waals surface area contributed by atoms with Crippen LogP contribution < -0.4 is 10.5 Å². The van der Waals surface area contributed by atoms with Crippen molar-refractivity contribution < 1.29 is 9.18 Å². The number of rotatable bonds is 3. The molecule has 0 bridgehead atoms. The predicted molar refractivity (Wildman–Crippen MR) is 103 cm³/mol. The van der Waals surface area contributed by atoms with Crippen LogP contribution in [-0.4, -0.2) is 52.3 Å². The van der Waals surface area contributed by atoms with Gasteiger partial charge in [-0.25, -0.2) is 9.37 Å². The van der Waals surface area contributed by atoms with E-state index >= 15 is 0 Å². The van der Waals surface area contributed by atoms with Crippen molar-refractivity contribution in [1.82, 2.24) is 14.5 Å². The molecule has 2 aliphatic rings. The van der Waals surface area contributed by atoms with Crippen molar-refractivity contribution in [2.24, 2.45) is 0 Å². The van der Waals surface area contributed by atoms with Crippen LogP contribution in [0.2, 0.25) is 0 Å². The molecule has 1 fully saturated rings. The van der Waals surface area contributed by atoms with Gasteiger partial charge in [-0.15, -0.1) is 0 Å². The van der Waals surface area contributed by atoms with Gasteiger partial charge in [0.15, 0.2) is 5.16 Å². The fourth-order valence-electron chi connectivity index (χ4n) is 3.61. The van der Waals surface area contributed by atoms with Crippen molar-refractivity contribution in [3.05, 3.63) is 52.2 Å². The second-order valence-corrected chi connectivity index (χ2v) is 7.89. The molecule has 2 aliphatic heterocycles. The number of benzene rings is 1. The molecular formula is C19H21FN4O2S. The molecule has 2 aromatic rings. The van der Waals surface area contributed by atoms with Crippen molar-refractivity contribution in [2.75, 3.05) is 36.8 Å². The van der Waals surface area contributed by atoms with E-state index in [1.807, 2.05) is 11.8 Å². The average Bonchev–Trinajstić information content (AvgIpc) is 3.05. The van der Waals surface area contributed by atoms with E-state index in [9.17, 15) is 14.0 Å². The molecule has 1 unspecified atom stereocenters. The van der Waals surface area contributed by atoms with Crippen LogP contribution in [0.5, 0.6) is 0 Å². The smallest absolute Gasteiger partial charge is 0.254 e. The molecule has 142 valence electrons. The Balaban J connectivity index is 1.37. The lowest BCUT2D eigenvalue weighted by molar-refractivity contribution is -0.132. The first kappa shape index (κ1) is 18.0. The number of fused-ring (bicyclic) bond motifs is 1. The molecule has 1 aromatic heterocycles. The molecule has 1 amide bonds. The van der Waals surface area contributed by atoms with Gasteiger partial charge in [0.2, 0.25) is 5.91 Å². The average molecular weight is 388 g/mol. The molecule has 1 aromatic carbocycles. The summed E-state index contributed by atoms with van der Waals surface area (Å²) in [5.74, 6) is 0.523. The minimum Gasteiger partial charge on any atom is -0.368 e. The largest absolute Gasteiger partial charge is 0.368 e. The Morgan fingerprint density at radius 1 is 1.22 bits per heavy atom. The first-order valence-corrected chi connectivity index (χ1v) is 10.0. The van der Waals surface area contributed by atoms with Crippen molar-refractivity contribution in [2.45, 2.75) is 24.5 Å². The van der Waals surface area contributed by atoms with Gasteiger partial charge in [-0.1, -0.05) is 11.8 Å². The van der Waals surface area contributed by atoms with Gasteiger partial charge in [-0.05, 0) is 31.2 Å². The number of hydrogen-bond acceptors (Lipinski definition) is 5. The summed E-state index contributed by atoms with van der Waals surface area (Å²) in [5.41, 5.74) is 1.60. The van der Waals surface area contributed by atoms with Crippen molar-refractivity contribution in [3.8, 4) is 0 Å². The highest BCUT2D eigenvalue weighted by molar-refractivity contribution is 7.99. The maximum Gasteiger partial charge on any atom is 0.254 e. The van der Waals surface area contributed by atoms with Crippen LogP contribution in [0.1, 0.15) is 18.2 Å². The van der Waals surface area contributed by atoms with Gasteiger partial charge in [0.1, 0.15) is 5.82 Å². The maximum absolute atomic E-state index is 13.1. The molecule has 3 heterocycles. The topological polar surface area (TPSA) is 58.4 Å². The third-order valence-corrected chi connectivity index (χ3v) is 6.15. The van der Waals surface area contributed by atoms with Crippen LogP contribution in [0, 0.1) is 12.7 Å². The number of halogens is 1. The summed E-state index contributed by atoms with van der Waals surface area (Å²) in [6.07, 6.45) is 0.321. The van der Waals surface area contributed by atoms with E-state index in [1.165, 1.54) is 30.0 Å². The summed E-state index contributed by atoms with van der Waals surface area (Å²) in [7, 11) is 0. The van der Waals surface area contributed by atoms with Gasteiger partial charge in [0.25, 0.3) is 5.56 Å². The van der Waals surface area contributed by atoms with Crippen LogP contribution >= 0.6 is 11.8 Å². The summed E-state index contributed by atoms with van der Waals surface area (Å²) in [5, 5.41) is 0.707. The van der Waals surface area contributed by atoms with Crippen LogP contribution in [-0.2, 0) is 4.79 Å². The van der Waals surface area contributed by atoms with E-state index in [0.29, 0.717) is 49.2 Å². The number of thioether (sulfide) groups is 1. The van der Waals surface area contributed by atoms with E-state index < -0.39 is 0 Å². The quantitative estimate of drug-likeness (QED) is 0.754. The number of piperazine rings is 1. The highest BCUT2D eigenvalue weighted by Gasteiger charge is 2.30. The molecule has 1 saturated heterocycles. The fraction of sp³-hybridized carbons (Fsp3) is 0.421. The van der Waals surface area contributed by atoms with Crippen molar-refractivity contribution >= 4 is 23.4 Å². The van der Waals surface area contributed by atoms with Gasteiger partial charge < -0.3 is 9.80 Å². The molecule has 0 aliphatic carbocycles. The molecule has 8 heteroatoms. The Kier molecular flexibility index (Phi) is 4.90. The zero-order chi connectivity index (χ0) is 19.0. The summed E-state index contributed by atoms with van der Waals surface area (Å²) in [4.78, 5) is 33.4. The molecule has 0 spiro atoms. The van der Waals surface area contributed by atoms with Crippen molar-refractivity contribution in [1.29, 1.82) is 0 Å². The Hall–Kier alpha value is -2.35. The van der Waals surface area contributed by atoms with Crippen molar-refractivity contribution in [3.63, 3.8) is 0 Å². The molecule has 0 radical (unpaired) electrons. The Labute approximate surface area is 161 Å². The van der Waals surface area contributed by atoms with Gasteiger partial charge in [0.05, 0.1) is 6.04 Å². The maximum atomic E-state index is 13.1. The number of amides is 1. The van der Waals surface area contributed by atoms with Gasteiger partial charge in [-0.3, -0.25) is 14.2 Å². The normalized spacial score (nSPS) is 19.3. The summed E-state index contributed by atoms with van der Waals surface area (Å²) < 4.78 is 14.7. The first-order chi connectivity index (χ1) is 13.0. The third kappa shape index (κ3) is 3.71. The van der Waals surface area contributed by atoms with E-state index in [4.69, 9.17) is 0 Å². The van der Waals surface area contributed by atoms with E-state index in [2.05, 4.69) is 9.88 Å². The van der Waals surface area contributed by atoms with Gasteiger partial charge in [0, 0.05) is 55.8 Å². The second-order valence-electron chi connectivity index (χ2n) is 6.90. The minimum atomic E-state index is -0.248. The summed E-state index contributed by atoms with van der Waals surface area (Å²) in [6, 6.07) is 7.83. The highest BCUT2D eigenvalue weighted by atomic mass is 32.2. The van der Waals surface area contributed by atoms with E-state index in [-0.39, 0.29) is 23.3 Å². The lowest BCUT2D eigenvalue weighted by Crippen LogP contribution is -2.49. The van der Waals surface area contributed by atoms with Gasteiger partial charge in [-0.2, -0.15) is 0 Å². The number of nitrogens with zero attached hydrogens (tertiary/aromatic N) is 4. The van der Waals surface area contributed by atoms with Crippen LogP contribution in [0.25, 0.3) is 0 Å². The number of carbonyl (C=O) groups excluding carboxylic acids is 1. The Morgan fingerprint density at radius 3 is 2.63 bits per heavy atom. The molecular weight excluding hydrogens is 367 g/mol. The molecule has 27 heavy (non-hydrogen) atoms. The highest BCUT2D eigenvalue weighted by Crippen LogP contribution is 2.32. The molecule has 6 nitrogen and oxygen atoms in total. The monoisotopic (exact) mass is 388 g/mol. The lowest BCUT2D eigenvalue weighted by atomic mass is 10.2. The molecule has 0 N–H and O–H groups in total. The molecule has 0 saturated carbocycles. The minimum absolute atomic E-state index is 0.0691. The van der Waals surface area contributed by atoms with E-state index in [1.54, 1.807) is 16.7 Å². The number of hydrogen-bond donors (Lipinski definition) is 0. The Bertz CT molecular complexity index is 907. The lowest BCUT2D eigenvalue weighted by Gasteiger charge is -2.36. The Morgan fingerprint density at radius 2 is 1.93 bits per heavy atom.